The van der Waals surface area contributed by atoms with Gasteiger partial charge < -0.3 is 5.11 Å². The summed E-state index contributed by atoms with van der Waals surface area (Å²) in [6.07, 6.45) is 0. The van der Waals surface area contributed by atoms with Gasteiger partial charge in [0, 0.05) is 11.4 Å². The van der Waals surface area contributed by atoms with Gasteiger partial charge in [0.05, 0.1) is 0 Å². The highest BCUT2D eigenvalue weighted by molar-refractivity contribution is 6.17. The molecule has 76 valence electrons. The van der Waals surface area contributed by atoms with Crippen molar-refractivity contribution in [3.05, 3.63) is 54.1 Å². The number of phenols is 1. The number of halogens is 1. The number of hydrogen-bond acceptors (Lipinski definition) is 1. The number of phenolic OH excluding ortho intramolecular Hbond substituents is 1. The van der Waals surface area contributed by atoms with E-state index in [2.05, 4.69) is 0 Å². The number of rotatable bonds is 2. The molecule has 0 atom stereocenters. The first-order chi connectivity index (χ1) is 7.33. The Morgan fingerprint density at radius 1 is 0.867 bits per heavy atom. The van der Waals surface area contributed by atoms with Gasteiger partial charge in [0.1, 0.15) is 5.75 Å². The standard InChI is InChI=1S/C13H11ClO/c14-9-10-5-1-2-6-11(10)12-7-3-4-8-13(12)15/h1-8,15H,9H2. The van der Waals surface area contributed by atoms with Gasteiger partial charge in [-0.1, -0.05) is 42.5 Å². The zero-order valence-corrected chi connectivity index (χ0v) is 8.91. The first-order valence-electron chi connectivity index (χ1n) is 4.75. The first-order valence-corrected chi connectivity index (χ1v) is 5.28. The van der Waals surface area contributed by atoms with E-state index in [1.54, 1.807) is 6.07 Å². The third-order valence-corrected chi connectivity index (χ3v) is 2.64. The molecule has 0 radical (unpaired) electrons. The lowest BCUT2D eigenvalue weighted by Gasteiger charge is -2.08. The second kappa shape index (κ2) is 4.37. The van der Waals surface area contributed by atoms with E-state index in [0.717, 1.165) is 16.7 Å². The van der Waals surface area contributed by atoms with Gasteiger partial charge in [0.25, 0.3) is 0 Å². The van der Waals surface area contributed by atoms with Gasteiger partial charge in [-0.15, -0.1) is 11.6 Å². The minimum atomic E-state index is 0.287. The van der Waals surface area contributed by atoms with E-state index < -0.39 is 0 Å². The molecule has 0 aliphatic carbocycles. The predicted molar refractivity (Wildman–Crippen MR) is 63.1 cm³/mol. The third-order valence-electron chi connectivity index (χ3n) is 2.36. The molecule has 0 bridgehead atoms. The molecular weight excluding hydrogens is 208 g/mol. The zero-order valence-electron chi connectivity index (χ0n) is 8.15. The molecule has 1 N–H and O–H groups in total. The van der Waals surface area contributed by atoms with Crippen molar-refractivity contribution in [2.45, 2.75) is 5.88 Å². The third kappa shape index (κ3) is 1.97. The Hall–Kier alpha value is -1.47. The summed E-state index contributed by atoms with van der Waals surface area (Å²) in [5, 5.41) is 9.74. The van der Waals surface area contributed by atoms with Gasteiger partial charge in [-0.2, -0.15) is 0 Å². The molecule has 2 rings (SSSR count). The Morgan fingerprint density at radius 3 is 2.13 bits per heavy atom. The van der Waals surface area contributed by atoms with Crippen molar-refractivity contribution in [2.24, 2.45) is 0 Å². The van der Waals surface area contributed by atoms with Crippen LogP contribution in [-0.2, 0) is 5.88 Å². The average molecular weight is 219 g/mol. The van der Waals surface area contributed by atoms with Crippen LogP contribution in [0.25, 0.3) is 11.1 Å². The summed E-state index contributed by atoms with van der Waals surface area (Å²) in [6.45, 7) is 0. The maximum Gasteiger partial charge on any atom is 0.123 e. The van der Waals surface area contributed by atoms with Crippen molar-refractivity contribution in [3.8, 4) is 16.9 Å². The fourth-order valence-corrected chi connectivity index (χ4v) is 1.83. The normalized spacial score (nSPS) is 10.2. The van der Waals surface area contributed by atoms with Crippen LogP contribution < -0.4 is 0 Å². The lowest BCUT2D eigenvalue weighted by molar-refractivity contribution is 0.477. The Balaban J connectivity index is 2.59. The summed E-state index contributed by atoms with van der Waals surface area (Å²) >= 11 is 5.85. The van der Waals surface area contributed by atoms with E-state index in [1.165, 1.54) is 0 Å². The molecule has 0 saturated heterocycles. The quantitative estimate of drug-likeness (QED) is 0.761. The summed E-state index contributed by atoms with van der Waals surface area (Å²) in [5.41, 5.74) is 2.85. The minimum absolute atomic E-state index is 0.287. The molecule has 0 unspecified atom stereocenters. The SMILES string of the molecule is Oc1ccccc1-c1ccccc1CCl. The smallest absolute Gasteiger partial charge is 0.123 e. The fourth-order valence-electron chi connectivity index (χ4n) is 1.60. The molecule has 15 heavy (non-hydrogen) atoms. The molecule has 2 aromatic rings. The number of benzene rings is 2. The topological polar surface area (TPSA) is 20.2 Å². The van der Waals surface area contributed by atoms with E-state index in [-0.39, 0.29) is 5.75 Å². The van der Waals surface area contributed by atoms with Crippen LogP contribution in [0.2, 0.25) is 0 Å². The summed E-state index contributed by atoms with van der Waals surface area (Å²) in [7, 11) is 0. The van der Waals surface area contributed by atoms with Crippen LogP contribution in [0.4, 0.5) is 0 Å². The highest BCUT2D eigenvalue weighted by Crippen LogP contribution is 2.31. The molecule has 1 nitrogen and oxygen atoms in total. The molecule has 0 aliphatic rings. The van der Waals surface area contributed by atoms with Crippen molar-refractivity contribution >= 4 is 11.6 Å². The van der Waals surface area contributed by atoms with Gasteiger partial charge in [-0.3, -0.25) is 0 Å². The maximum atomic E-state index is 9.74. The number of para-hydroxylation sites is 1. The Kier molecular flexibility index (Phi) is 2.93. The molecule has 0 saturated carbocycles. The van der Waals surface area contributed by atoms with Crippen molar-refractivity contribution in [2.75, 3.05) is 0 Å². The number of hydrogen-bond donors (Lipinski definition) is 1. The summed E-state index contributed by atoms with van der Waals surface area (Å²) in [6, 6.07) is 15.1. The van der Waals surface area contributed by atoms with Gasteiger partial charge in [0.15, 0.2) is 0 Å². The minimum Gasteiger partial charge on any atom is -0.507 e. The molecular formula is C13H11ClO. The van der Waals surface area contributed by atoms with Gasteiger partial charge in [-0.25, -0.2) is 0 Å². The summed E-state index contributed by atoms with van der Waals surface area (Å²) in [5.74, 6) is 0.736. The zero-order chi connectivity index (χ0) is 10.7. The molecule has 2 heteroatoms. The van der Waals surface area contributed by atoms with Gasteiger partial charge in [-0.05, 0) is 17.2 Å². The van der Waals surface area contributed by atoms with Crippen LogP contribution in [0.1, 0.15) is 5.56 Å². The molecule has 0 aliphatic heterocycles. The van der Waals surface area contributed by atoms with E-state index in [4.69, 9.17) is 11.6 Å². The van der Waals surface area contributed by atoms with Crippen LogP contribution in [-0.4, -0.2) is 5.11 Å². The van der Waals surface area contributed by atoms with E-state index in [1.807, 2.05) is 42.5 Å². The van der Waals surface area contributed by atoms with Crippen LogP contribution >= 0.6 is 11.6 Å². The highest BCUT2D eigenvalue weighted by Gasteiger charge is 2.06. The number of alkyl halides is 1. The highest BCUT2D eigenvalue weighted by atomic mass is 35.5. The molecule has 0 aromatic heterocycles. The van der Waals surface area contributed by atoms with Crippen molar-refractivity contribution in [3.63, 3.8) is 0 Å². The fraction of sp³-hybridized carbons (Fsp3) is 0.0769. The second-order valence-corrected chi connectivity index (χ2v) is 3.58. The van der Waals surface area contributed by atoms with Crippen molar-refractivity contribution in [1.82, 2.24) is 0 Å². The Labute approximate surface area is 94.0 Å². The van der Waals surface area contributed by atoms with Crippen LogP contribution in [0.5, 0.6) is 5.75 Å². The van der Waals surface area contributed by atoms with Crippen LogP contribution in [0.3, 0.4) is 0 Å². The van der Waals surface area contributed by atoms with E-state index >= 15 is 0 Å². The average Bonchev–Trinajstić information content (AvgIpc) is 2.30. The second-order valence-electron chi connectivity index (χ2n) is 3.31. The van der Waals surface area contributed by atoms with E-state index in [0.29, 0.717) is 5.88 Å². The van der Waals surface area contributed by atoms with Crippen LogP contribution in [0.15, 0.2) is 48.5 Å². The largest absolute Gasteiger partial charge is 0.507 e. The number of aromatic hydroxyl groups is 1. The Bertz CT molecular complexity index is 466. The molecule has 2 aromatic carbocycles. The van der Waals surface area contributed by atoms with Gasteiger partial charge >= 0.3 is 0 Å². The molecule has 0 amide bonds. The lowest BCUT2D eigenvalue weighted by atomic mass is 10.00. The van der Waals surface area contributed by atoms with E-state index in [9.17, 15) is 5.11 Å². The van der Waals surface area contributed by atoms with Gasteiger partial charge in [0.2, 0.25) is 0 Å². The van der Waals surface area contributed by atoms with Crippen molar-refractivity contribution in [1.29, 1.82) is 0 Å². The summed E-state index contributed by atoms with van der Waals surface area (Å²) < 4.78 is 0. The first kappa shape index (κ1) is 10.1. The summed E-state index contributed by atoms with van der Waals surface area (Å²) in [4.78, 5) is 0. The predicted octanol–water partition coefficient (Wildman–Crippen LogP) is 3.80. The maximum absolute atomic E-state index is 9.74. The van der Waals surface area contributed by atoms with Crippen molar-refractivity contribution < 1.29 is 5.11 Å². The monoisotopic (exact) mass is 218 g/mol. The Morgan fingerprint density at radius 2 is 1.47 bits per heavy atom. The molecule has 0 fully saturated rings. The van der Waals surface area contributed by atoms with Crippen LogP contribution in [0, 0.1) is 0 Å². The lowest BCUT2D eigenvalue weighted by Crippen LogP contribution is -1.85. The molecule has 0 spiro atoms. The molecule has 0 heterocycles.